The van der Waals surface area contributed by atoms with Crippen LogP contribution in [0, 0.1) is 12.8 Å². The van der Waals surface area contributed by atoms with E-state index in [4.69, 9.17) is 4.74 Å². The third-order valence-corrected chi connectivity index (χ3v) is 3.78. The third kappa shape index (κ3) is 6.04. The summed E-state index contributed by atoms with van der Waals surface area (Å²) in [5.74, 6) is 1.31. The summed E-state index contributed by atoms with van der Waals surface area (Å²) in [6.45, 7) is 10.0. The second-order valence-corrected chi connectivity index (χ2v) is 7.20. The first-order valence-electron chi connectivity index (χ1n) is 8.34. The van der Waals surface area contributed by atoms with E-state index in [9.17, 15) is 4.79 Å². The lowest BCUT2D eigenvalue weighted by molar-refractivity contribution is 0.0163. The highest BCUT2D eigenvalue weighted by atomic mass is 16.6. The number of aromatic nitrogens is 2. The van der Waals surface area contributed by atoms with E-state index >= 15 is 0 Å². The van der Waals surface area contributed by atoms with Crippen molar-refractivity contribution in [3.8, 4) is 0 Å². The number of anilines is 1. The molecule has 128 valence electrons. The molecule has 1 amide bonds. The summed E-state index contributed by atoms with van der Waals surface area (Å²) in [7, 11) is 0. The van der Waals surface area contributed by atoms with Crippen molar-refractivity contribution in [2.24, 2.45) is 5.92 Å². The van der Waals surface area contributed by atoms with Crippen LogP contribution in [0.15, 0.2) is 12.4 Å². The van der Waals surface area contributed by atoms with Gasteiger partial charge in [-0.25, -0.2) is 9.78 Å². The molecule has 0 aromatic carbocycles. The molecule has 1 aliphatic heterocycles. The number of piperidine rings is 1. The number of amides is 1. The van der Waals surface area contributed by atoms with Gasteiger partial charge in [0.15, 0.2) is 0 Å². The van der Waals surface area contributed by atoms with Crippen molar-refractivity contribution in [2.75, 3.05) is 25.0 Å². The summed E-state index contributed by atoms with van der Waals surface area (Å²) in [5, 5.41) is 3.31. The average molecular weight is 320 g/mol. The molecule has 0 radical (unpaired) electrons. The van der Waals surface area contributed by atoms with Gasteiger partial charge < -0.3 is 15.0 Å². The molecule has 0 bridgehead atoms. The highest BCUT2D eigenvalue weighted by Crippen LogP contribution is 2.21. The van der Waals surface area contributed by atoms with Crippen molar-refractivity contribution in [2.45, 2.75) is 52.6 Å². The van der Waals surface area contributed by atoms with E-state index in [-0.39, 0.29) is 6.09 Å². The Labute approximate surface area is 138 Å². The lowest BCUT2D eigenvalue weighted by Gasteiger charge is -2.34. The van der Waals surface area contributed by atoms with Crippen LogP contribution in [0.5, 0.6) is 0 Å². The van der Waals surface area contributed by atoms with Gasteiger partial charge in [-0.2, -0.15) is 0 Å². The highest BCUT2D eigenvalue weighted by Gasteiger charge is 2.27. The van der Waals surface area contributed by atoms with Crippen LogP contribution in [-0.2, 0) is 4.74 Å². The number of rotatable bonds is 4. The van der Waals surface area contributed by atoms with Crippen molar-refractivity contribution in [1.29, 1.82) is 0 Å². The molecule has 1 aromatic heterocycles. The number of hydrogen-bond donors (Lipinski definition) is 1. The van der Waals surface area contributed by atoms with Gasteiger partial charge in [-0.15, -0.1) is 0 Å². The monoisotopic (exact) mass is 320 g/mol. The van der Waals surface area contributed by atoms with E-state index < -0.39 is 5.60 Å². The van der Waals surface area contributed by atoms with Crippen LogP contribution < -0.4 is 5.32 Å². The van der Waals surface area contributed by atoms with Gasteiger partial charge in [0.25, 0.3) is 0 Å². The van der Waals surface area contributed by atoms with E-state index in [1.807, 2.05) is 32.6 Å². The molecule has 1 fully saturated rings. The smallest absolute Gasteiger partial charge is 0.410 e. The number of hydrogen-bond acceptors (Lipinski definition) is 5. The second-order valence-electron chi connectivity index (χ2n) is 7.20. The lowest BCUT2D eigenvalue weighted by atomic mass is 9.95. The highest BCUT2D eigenvalue weighted by molar-refractivity contribution is 5.68. The minimum absolute atomic E-state index is 0.195. The van der Waals surface area contributed by atoms with Crippen LogP contribution in [0.25, 0.3) is 0 Å². The fraction of sp³-hybridized carbons (Fsp3) is 0.706. The van der Waals surface area contributed by atoms with E-state index in [0.717, 1.165) is 50.4 Å². The lowest BCUT2D eigenvalue weighted by Crippen LogP contribution is -2.43. The van der Waals surface area contributed by atoms with Gasteiger partial charge in [-0.05, 0) is 52.9 Å². The maximum Gasteiger partial charge on any atom is 0.410 e. The zero-order chi connectivity index (χ0) is 16.9. The largest absolute Gasteiger partial charge is 0.444 e. The van der Waals surface area contributed by atoms with Crippen LogP contribution in [0.1, 0.15) is 45.7 Å². The Morgan fingerprint density at radius 2 is 2.22 bits per heavy atom. The summed E-state index contributed by atoms with van der Waals surface area (Å²) in [5.41, 5.74) is 0.471. The molecule has 2 rings (SSSR count). The van der Waals surface area contributed by atoms with Crippen LogP contribution in [0.4, 0.5) is 10.6 Å². The average Bonchev–Trinajstić information content (AvgIpc) is 2.46. The SMILES string of the molecule is Cc1cncc(NCCC2CCCN(C(=O)OC(C)(C)C)C2)n1. The molecule has 1 N–H and O–H groups in total. The standard InChI is InChI=1S/C17H28N4O2/c1-13-10-18-11-15(20-13)19-8-7-14-6-5-9-21(12-14)16(22)23-17(2,3)4/h10-11,14H,5-9,12H2,1-4H3,(H,19,20). The van der Waals surface area contributed by atoms with Crippen molar-refractivity contribution < 1.29 is 9.53 Å². The first kappa shape index (κ1) is 17.5. The molecule has 0 aliphatic carbocycles. The fourth-order valence-corrected chi connectivity index (χ4v) is 2.75. The minimum atomic E-state index is -0.435. The summed E-state index contributed by atoms with van der Waals surface area (Å²) < 4.78 is 5.47. The number of likely N-dealkylation sites (tertiary alicyclic amines) is 1. The zero-order valence-corrected chi connectivity index (χ0v) is 14.6. The van der Waals surface area contributed by atoms with E-state index in [1.165, 1.54) is 0 Å². The number of carbonyl (C=O) groups is 1. The number of ether oxygens (including phenoxy) is 1. The van der Waals surface area contributed by atoms with Crippen LogP contribution in [0.2, 0.25) is 0 Å². The van der Waals surface area contributed by atoms with Gasteiger partial charge in [0.05, 0.1) is 11.9 Å². The topological polar surface area (TPSA) is 67.4 Å². The zero-order valence-electron chi connectivity index (χ0n) is 14.6. The first-order chi connectivity index (χ1) is 10.8. The molecule has 6 nitrogen and oxygen atoms in total. The predicted octanol–water partition coefficient (Wildman–Crippen LogP) is 3.23. The van der Waals surface area contributed by atoms with Crippen LogP contribution in [0.3, 0.4) is 0 Å². The van der Waals surface area contributed by atoms with Gasteiger partial charge in [-0.1, -0.05) is 0 Å². The Kier molecular flexibility index (Phi) is 5.80. The van der Waals surface area contributed by atoms with E-state index in [2.05, 4.69) is 15.3 Å². The maximum absolute atomic E-state index is 12.2. The Hall–Kier alpha value is -1.85. The van der Waals surface area contributed by atoms with Gasteiger partial charge in [-0.3, -0.25) is 4.98 Å². The number of aryl methyl sites for hydroxylation is 1. The Morgan fingerprint density at radius 1 is 1.43 bits per heavy atom. The molecule has 0 spiro atoms. The summed E-state index contributed by atoms with van der Waals surface area (Å²) in [6, 6.07) is 0. The molecule has 6 heteroatoms. The minimum Gasteiger partial charge on any atom is -0.444 e. The van der Waals surface area contributed by atoms with Crippen LogP contribution in [-0.4, -0.2) is 46.2 Å². The number of nitrogens with zero attached hydrogens (tertiary/aromatic N) is 3. The van der Waals surface area contributed by atoms with Gasteiger partial charge in [0, 0.05) is 25.8 Å². The third-order valence-electron chi connectivity index (χ3n) is 3.78. The molecule has 1 aliphatic rings. The van der Waals surface area contributed by atoms with E-state index in [1.54, 1.807) is 12.4 Å². The van der Waals surface area contributed by atoms with Crippen molar-refractivity contribution in [3.63, 3.8) is 0 Å². The molecule has 23 heavy (non-hydrogen) atoms. The van der Waals surface area contributed by atoms with Gasteiger partial charge >= 0.3 is 6.09 Å². The molecular formula is C17H28N4O2. The fourth-order valence-electron chi connectivity index (χ4n) is 2.75. The molecular weight excluding hydrogens is 292 g/mol. The maximum atomic E-state index is 12.2. The molecule has 1 saturated heterocycles. The molecule has 2 heterocycles. The molecule has 1 aromatic rings. The Balaban J connectivity index is 1.76. The summed E-state index contributed by atoms with van der Waals surface area (Å²) in [6.07, 6.45) is 6.48. The Bertz CT molecular complexity index is 528. The van der Waals surface area contributed by atoms with Gasteiger partial charge in [0.2, 0.25) is 0 Å². The quantitative estimate of drug-likeness (QED) is 0.922. The molecule has 1 atom stereocenters. The normalized spacial score (nSPS) is 18.6. The van der Waals surface area contributed by atoms with E-state index in [0.29, 0.717) is 5.92 Å². The molecule has 0 saturated carbocycles. The summed E-state index contributed by atoms with van der Waals surface area (Å²) in [4.78, 5) is 22.5. The molecule has 1 unspecified atom stereocenters. The number of carbonyl (C=O) groups excluding carboxylic acids is 1. The Morgan fingerprint density at radius 3 is 2.91 bits per heavy atom. The first-order valence-corrected chi connectivity index (χ1v) is 8.34. The van der Waals surface area contributed by atoms with Crippen molar-refractivity contribution in [1.82, 2.24) is 14.9 Å². The van der Waals surface area contributed by atoms with Crippen molar-refractivity contribution >= 4 is 11.9 Å². The van der Waals surface area contributed by atoms with Crippen LogP contribution >= 0.6 is 0 Å². The van der Waals surface area contributed by atoms with Crippen molar-refractivity contribution in [3.05, 3.63) is 18.1 Å². The predicted molar refractivity (Wildman–Crippen MR) is 90.4 cm³/mol. The summed E-state index contributed by atoms with van der Waals surface area (Å²) >= 11 is 0. The number of nitrogens with one attached hydrogen (secondary N) is 1. The van der Waals surface area contributed by atoms with Gasteiger partial charge in [0.1, 0.15) is 11.4 Å². The second kappa shape index (κ2) is 7.62.